The van der Waals surface area contributed by atoms with Gasteiger partial charge in [-0.25, -0.2) is 0 Å². The van der Waals surface area contributed by atoms with Crippen LogP contribution in [-0.4, -0.2) is 39.2 Å². The molecule has 1 aliphatic rings. The Morgan fingerprint density at radius 3 is 3.00 bits per heavy atom. The van der Waals surface area contributed by atoms with Crippen molar-refractivity contribution in [2.24, 2.45) is 0 Å². The number of likely N-dealkylation sites (tertiary alicyclic amines) is 1. The predicted molar refractivity (Wildman–Crippen MR) is 63.6 cm³/mol. The van der Waals surface area contributed by atoms with Crippen molar-refractivity contribution in [3.05, 3.63) is 12.2 Å². The van der Waals surface area contributed by atoms with E-state index in [-0.39, 0.29) is 12.0 Å². The first-order valence-electron chi connectivity index (χ1n) is 6.18. The molecule has 0 N–H and O–H groups in total. The van der Waals surface area contributed by atoms with Crippen LogP contribution in [0, 0.1) is 0 Å². The first kappa shape index (κ1) is 13.0. The molecule has 100 valence electrons. The van der Waals surface area contributed by atoms with Gasteiger partial charge in [0.1, 0.15) is 11.6 Å². The Bertz CT molecular complexity index is 397. The molecule has 0 aliphatic carbocycles. The highest BCUT2D eigenvalue weighted by atomic mass is 16.6. The largest absolute Gasteiger partial charge is 0.459 e. The van der Waals surface area contributed by atoms with Gasteiger partial charge in [-0.15, -0.1) is 0 Å². The van der Waals surface area contributed by atoms with Gasteiger partial charge in [0.15, 0.2) is 6.33 Å². The van der Waals surface area contributed by atoms with Crippen molar-refractivity contribution in [2.45, 2.75) is 51.8 Å². The molecule has 0 aromatic carbocycles. The fourth-order valence-electron chi connectivity index (χ4n) is 2.09. The highest BCUT2D eigenvalue weighted by Gasteiger charge is 2.34. The summed E-state index contributed by atoms with van der Waals surface area (Å²) in [5.74, 6) is 0.366. The van der Waals surface area contributed by atoms with E-state index in [9.17, 15) is 4.79 Å². The van der Waals surface area contributed by atoms with Crippen molar-refractivity contribution >= 4 is 5.97 Å². The minimum atomic E-state index is -0.449. The zero-order valence-corrected chi connectivity index (χ0v) is 11.0. The Morgan fingerprint density at radius 2 is 2.39 bits per heavy atom. The van der Waals surface area contributed by atoms with Gasteiger partial charge in [-0.1, -0.05) is 5.16 Å². The van der Waals surface area contributed by atoms with Gasteiger partial charge in [-0.05, 0) is 40.2 Å². The van der Waals surface area contributed by atoms with Crippen molar-refractivity contribution in [1.29, 1.82) is 0 Å². The van der Waals surface area contributed by atoms with Gasteiger partial charge in [0.2, 0.25) is 5.89 Å². The van der Waals surface area contributed by atoms with E-state index in [0.29, 0.717) is 12.4 Å². The second kappa shape index (κ2) is 5.06. The zero-order chi connectivity index (χ0) is 13.2. The van der Waals surface area contributed by atoms with E-state index in [1.165, 1.54) is 6.33 Å². The molecule has 0 spiro atoms. The zero-order valence-electron chi connectivity index (χ0n) is 11.0. The van der Waals surface area contributed by atoms with Crippen LogP contribution in [0.4, 0.5) is 0 Å². The molecule has 0 saturated carbocycles. The summed E-state index contributed by atoms with van der Waals surface area (Å²) in [6, 6.07) is -0.198. The smallest absolute Gasteiger partial charge is 0.323 e. The maximum absolute atomic E-state index is 12.1. The van der Waals surface area contributed by atoms with E-state index < -0.39 is 5.60 Å². The summed E-state index contributed by atoms with van der Waals surface area (Å²) in [7, 11) is 0. The molecule has 1 atom stereocenters. The number of carbonyl (C=O) groups excluding carboxylic acids is 1. The Kier molecular flexibility index (Phi) is 3.65. The number of nitrogens with zero attached hydrogens (tertiary/aromatic N) is 3. The minimum absolute atomic E-state index is 0.167. The van der Waals surface area contributed by atoms with Crippen LogP contribution < -0.4 is 0 Å². The van der Waals surface area contributed by atoms with Crippen LogP contribution in [0.25, 0.3) is 0 Å². The van der Waals surface area contributed by atoms with Gasteiger partial charge >= 0.3 is 5.97 Å². The van der Waals surface area contributed by atoms with E-state index in [2.05, 4.69) is 10.1 Å². The van der Waals surface area contributed by atoms with Crippen LogP contribution in [0.3, 0.4) is 0 Å². The molecule has 18 heavy (non-hydrogen) atoms. The lowest BCUT2D eigenvalue weighted by molar-refractivity contribution is -0.160. The molecule has 1 aromatic heterocycles. The third-order valence-corrected chi connectivity index (χ3v) is 2.79. The van der Waals surface area contributed by atoms with Gasteiger partial charge < -0.3 is 9.26 Å². The summed E-state index contributed by atoms with van der Waals surface area (Å²) in [6.45, 7) is 6.99. The summed E-state index contributed by atoms with van der Waals surface area (Å²) in [5, 5.41) is 3.56. The lowest BCUT2D eigenvalue weighted by atomic mass is 10.1. The van der Waals surface area contributed by atoms with Gasteiger partial charge in [-0.3, -0.25) is 9.69 Å². The number of hydrogen-bond acceptors (Lipinski definition) is 6. The minimum Gasteiger partial charge on any atom is -0.459 e. The quantitative estimate of drug-likeness (QED) is 0.758. The third-order valence-electron chi connectivity index (χ3n) is 2.79. The van der Waals surface area contributed by atoms with Crippen molar-refractivity contribution in [3.8, 4) is 0 Å². The molecular formula is C12H19N3O3. The van der Waals surface area contributed by atoms with E-state index in [1.54, 1.807) is 0 Å². The van der Waals surface area contributed by atoms with Crippen LogP contribution in [0.5, 0.6) is 0 Å². The van der Waals surface area contributed by atoms with Gasteiger partial charge in [0.05, 0.1) is 6.54 Å². The maximum Gasteiger partial charge on any atom is 0.323 e. The molecule has 0 amide bonds. The molecular weight excluding hydrogens is 234 g/mol. The van der Waals surface area contributed by atoms with Gasteiger partial charge in [-0.2, -0.15) is 4.98 Å². The number of carbonyl (C=O) groups is 1. The van der Waals surface area contributed by atoms with Crippen LogP contribution in [0.2, 0.25) is 0 Å². The van der Waals surface area contributed by atoms with Gasteiger partial charge in [0, 0.05) is 0 Å². The first-order valence-corrected chi connectivity index (χ1v) is 6.18. The number of hydrogen-bond donors (Lipinski definition) is 0. The second-order valence-corrected chi connectivity index (χ2v) is 5.50. The SMILES string of the molecule is CC(C)(C)OC(=O)[C@@H]1CCCN1Cc1ncno1. The Hall–Kier alpha value is -1.43. The van der Waals surface area contributed by atoms with E-state index in [4.69, 9.17) is 9.26 Å². The number of ether oxygens (including phenoxy) is 1. The van der Waals surface area contributed by atoms with E-state index in [1.807, 2.05) is 25.7 Å². The molecule has 0 unspecified atom stereocenters. The van der Waals surface area contributed by atoms with E-state index >= 15 is 0 Å². The molecule has 0 bridgehead atoms. The van der Waals surface area contributed by atoms with Crippen molar-refractivity contribution in [1.82, 2.24) is 15.0 Å². The molecule has 6 nitrogen and oxygen atoms in total. The molecule has 1 saturated heterocycles. The summed E-state index contributed by atoms with van der Waals surface area (Å²) >= 11 is 0. The summed E-state index contributed by atoms with van der Waals surface area (Å²) in [6.07, 6.45) is 3.18. The lowest BCUT2D eigenvalue weighted by Crippen LogP contribution is -2.40. The summed E-state index contributed by atoms with van der Waals surface area (Å²) < 4.78 is 10.4. The predicted octanol–water partition coefficient (Wildman–Crippen LogP) is 1.38. The number of rotatable bonds is 3. The molecule has 6 heteroatoms. The standard InChI is InChI=1S/C12H19N3O3/c1-12(2,3)17-11(16)9-5-4-6-15(9)7-10-13-8-14-18-10/h8-9H,4-7H2,1-3H3/t9-/m0/s1. The number of esters is 1. The topological polar surface area (TPSA) is 68.5 Å². The maximum atomic E-state index is 12.1. The molecule has 2 heterocycles. The first-order chi connectivity index (χ1) is 8.46. The molecule has 0 radical (unpaired) electrons. The number of aromatic nitrogens is 2. The summed E-state index contributed by atoms with van der Waals surface area (Å²) in [5.41, 5.74) is -0.449. The Labute approximate surface area is 106 Å². The average Bonchev–Trinajstić information content (AvgIpc) is 2.86. The van der Waals surface area contributed by atoms with E-state index in [0.717, 1.165) is 19.4 Å². The average molecular weight is 253 g/mol. The van der Waals surface area contributed by atoms with Crippen LogP contribution in [-0.2, 0) is 16.1 Å². The van der Waals surface area contributed by atoms with Crippen molar-refractivity contribution in [2.75, 3.05) is 6.54 Å². The van der Waals surface area contributed by atoms with Crippen molar-refractivity contribution < 1.29 is 14.1 Å². The monoisotopic (exact) mass is 253 g/mol. The molecule has 1 aliphatic heterocycles. The highest BCUT2D eigenvalue weighted by molar-refractivity contribution is 5.76. The van der Waals surface area contributed by atoms with Crippen molar-refractivity contribution in [3.63, 3.8) is 0 Å². The fourth-order valence-corrected chi connectivity index (χ4v) is 2.09. The highest BCUT2D eigenvalue weighted by Crippen LogP contribution is 2.22. The fraction of sp³-hybridized carbons (Fsp3) is 0.750. The van der Waals surface area contributed by atoms with Crippen LogP contribution >= 0.6 is 0 Å². The third kappa shape index (κ3) is 3.29. The summed E-state index contributed by atoms with van der Waals surface area (Å²) in [4.78, 5) is 18.1. The van der Waals surface area contributed by atoms with Crippen LogP contribution in [0.15, 0.2) is 10.9 Å². The van der Waals surface area contributed by atoms with Crippen LogP contribution in [0.1, 0.15) is 39.5 Å². The molecule has 1 fully saturated rings. The van der Waals surface area contributed by atoms with Gasteiger partial charge in [0.25, 0.3) is 0 Å². The Morgan fingerprint density at radius 1 is 1.61 bits per heavy atom. The molecule has 1 aromatic rings. The lowest BCUT2D eigenvalue weighted by Gasteiger charge is -2.26. The second-order valence-electron chi connectivity index (χ2n) is 5.50. The Balaban J connectivity index is 1.97. The molecule has 2 rings (SSSR count). The normalized spacial score (nSPS) is 21.2.